The Morgan fingerprint density at radius 2 is 1.88 bits per heavy atom. The predicted octanol–water partition coefficient (Wildman–Crippen LogP) is 2.93. The topological polar surface area (TPSA) is 62.3 Å². The summed E-state index contributed by atoms with van der Waals surface area (Å²) in [6.07, 6.45) is 4.36. The number of hydrogen-bond donors (Lipinski definition) is 1. The standard InChI is InChI=1S/C21H25N3O2/c1-16-9-13-24(14-10-16)21(26)18-8-12-22-19(15-18)20(25)23-11-7-17-5-3-2-4-6-17/h2-6,8,12,15-16H,7,9-11,13-14H2,1H3,(H,23,25). The molecule has 0 unspecified atom stereocenters. The van der Waals surface area contributed by atoms with Crippen LogP contribution in [0.25, 0.3) is 0 Å². The second kappa shape index (κ2) is 8.61. The van der Waals surface area contributed by atoms with Crippen molar-refractivity contribution in [3.8, 4) is 0 Å². The van der Waals surface area contributed by atoms with E-state index in [0.29, 0.717) is 18.0 Å². The van der Waals surface area contributed by atoms with Gasteiger partial charge in [-0.3, -0.25) is 14.6 Å². The summed E-state index contributed by atoms with van der Waals surface area (Å²) in [5, 5.41) is 2.87. The summed E-state index contributed by atoms with van der Waals surface area (Å²) >= 11 is 0. The van der Waals surface area contributed by atoms with Gasteiger partial charge in [0.25, 0.3) is 11.8 Å². The minimum Gasteiger partial charge on any atom is -0.350 e. The maximum Gasteiger partial charge on any atom is 0.269 e. The minimum atomic E-state index is -0.247. The number of aromatic nitrogens is 1. The van der Waals surface area contributed by atoms with Gasteiger partial charge in [-0.05, 0) is 42.9 Å². The first kappa shape index (κ1) is 18.1. The number of carbonyl (C=O) groups excluding carboxylic acids is 2. The third-order valence-electron chi connectivity index (χ3n) is 4.85. The highest BCUT2D eigenvalue weighted by Gasteiger charge is 2.22. The van der Waals surface area contributed by atoms with Crippen LogP contribution in [0.3, 0.4) is 0 Å². The Kier molecular flexibility index (Phi) is 6.00. The average Bonchev–Trinajstić information content (AvgIpc) is 2.69. The Morgan fingerprint density at radius 3 is 2.62 bits per heavy atom. The summed E-state index contributed by atoms with van der Waals surface area (Å²) in [6.45, 7) is 4.31. The van der Waals surface area contributed by atoms with Crippen LogP contribution >= 0.6 is 0 Å². The Morgan fingerprint density at radius 1 is 1.15 bits per heavy atom. The highest BCUT2D eigenvalue weighted by Crippen LogP contribution is 2.18. The van der Waals surface area contributed by atoms with Crippen LogP contribution in [0.1, 0.15) is 46.2 Å². The van der Waals surface area contributed by atoms with Crippen LogP contribution in [-0.2, 0) is 6.42 Å². The van der Waals surface area contributed by atoms with Gasteiger partial charge in [-0.1, -0.05) is 37.3 Å². The molecule has 1 N–H and O–H groups in total. The Balaban J connectivity index is 1.57. The van der Waals surface area contributed by atoms with Gasteiger partial charge in [0.1, 0.15) is 5.69 Å². The van der Waals surface area contributed by atoms with Crippen molar-refractivity contribution in [3.05, 3.63) is 65.5 Å². The number of amides is 2. The Bertz CT molecular complexity index is 753. The first-order chi connectivity index (χ1) is 12.6. The van der Waals surface area contributed by atoms with E-state index in [-0.39, 0.29) is 17.5 Å². The molecule has 0 aliphatic carbocycles. The molecule has 1 aromatic heterocycles. The first-order valence-corrected chi connectivity index (χ1v) is 9.21. The third kappa shape index (κ3) is 4.69. The maximum atomic E-state index is 12.6. The minimum absolute atomic E-state index is 0.0161. The number of carbonyl (C=O) groups is 2. The van der Waals surface area contributed by atoms with E-state index in [4.69, 9.17) is 0 Å². The van der Waals surface area contributed by atoms with Crippen LogP contribution in [0.5, 0.6) is 0 Å². The summed E-state index contributed by atoms with van der Waals surface area (Å²) in [5.74, 6) is 0.405. The molecule has 0 atom stereocenters. The molecule has 1 fully saturated rings. The molecule has 0 saturated carbocycles. The summed E-state index contributed by atoms with van der Waals surface area (Å²) in [5.41, 5.74) is 1.99. The van der Waals surface area contributed by atoms with Crippen molar-refractivity contribution in [2.75, 3.05) is 19.6 Å². The van der Waals surface area contributed by atoms with Crippen molar-refractivity contribution in [2.45, 2.75) is 26.2 Å². The molecule has 0 bridgehead atoms. The molecular weight excluding hydrogens is 326 g/mol. The number of benzene rings is 1. The van der Waals surface area contributed by atoms with Gasteiger partial charge in [-0.25, -0.2) is 0 Å². The molecule has 0 radical (unpaired) electrons. The fraction of sp³-hybridized carbons (Fsp3) is 0.381. The Labute approximate surface area is 154 Å². The first-order valence-electron chi connectivity index (χ1n) is 9.21. The highest BCUT2D eigenvalue weighted by molar-refractivity contribution is 5.98. The smallest absolute Gasteiger partial charge is 0.269 e. The molecule has 1 aliphatic heterocycles. The molecule has 26 heavy (non-hydrogen) atoms. The monoisotopic (exact) mass is 351 g/mol. The van der Waals surface area contributed by atoms with E-state index < -0.39 is 0 Å². The second-order valence-electron chi connectivity index (χ2n) is 6.90. The van der Waals surface area contributed by atoms with Crippen molar-refractivity contribution in [1.29, 1.82) is 0 Å². The predicted molar refractivity (Wildman–Crippen MR) is 101 cm³/mol. The number of pyridine rings is 1. The molecule has 1 saturated heterocycles. The number of piperidine rings is 1. The number of likely N-dealkylation sites (tertiary alicyclic amines) is 1. The molecule has 2 aromatic rings. The van der Waals surface area contributed by atoms with Crippen molar-refractivity contribution in [3.63, 3.8) is 0 Å². The van der Waals surface area contributed by atoms with E-state index in [9.17, 15) is 9.59 Å². The van der Waals surface area contributed by atoms with Crippen LogP contribution in [0.15, 0.2) is 48.7 Å². The molecular formula is C21H25N3O2. The average molecular weight is 351 g/mol. The van der Waals surface area contributed by atoms with Gasteiger partial charge in [0, 0.05) is 31.4 Å². The lowest BCUT2D eigenvalue weighted by Crippen LogP contribution is -2.38. The van der Waals surface area contributed by atoms with E-state index in [1.807, 2.05) is 35.2 Å². The second-order valence-corrected chi connectivity index (χ2v) is 6.90. The van der Waals surface area contributed by atoms with Crippen molar-refractivity contribution in [2.24, 2.45) is 5.92 Å². The lowest BCUT2D eigenvalue weighted by Gasteiger charge is -2.30. The van der Waals surface area contributed by atoms with Crippen LogP contribution < -0.4 is 5.32 Å². The zero-order valence-electron chi connectivity index (χ0n) is 15.1. The van der Waals surface area contributed by atoms with Crippen LogP contribution in [0, 0.1) is 5.92 Å². The molecule has 0 spiro atoms. The van der Waals surface area contributed by atoms with Crippen molar-refractivity contribution >= 4 is 11.8 Å². The molecule has 1 aromatic carbocycles. The van der Waals surface area contributed by atoms with Gasteiger partial charge in [0.2, 0.25) is 0 Å². The Hall–Kier alpha value is -2.69. The lowest BCUT2D eigenvalue weighted by molar-refractivity contribution is 0.0697. The molecule has 2 amide bonds. The van der Waals surface area contributed by atoms with Gasteiger partial charge in [0.05, 0.1) is 0 Å². The quantitative estimate of drug-likeness (QED) is 0.901. The van der Waals surface area contributed by atoms with Crippen LogP contribution in [-0.4, -0.2) is 41.3 Å². The van der Waals surface area contributed by atoms with E-state index in [0.717, 1.165) is 32.4 Å². The molecule has 1 aliphatic rings. The molecule has 2 heterocycles. The fourth-order valence-electron chi connectivity index (χ4n) is 3.14. The SMILES string of the molecule is CC1CCN(C(=O)c2ccnc(C(=O)NCCc3ccccc3)c2)CC1. The van der Waals surface area contributed by atoms with E-state index >= 15 is 0 Å². The van der Waals surface area contributed by atoms with Crippen LogP contribution in [0.2, 0.25) is 0 Å². The molecule has 136 valence electrons. The highest BCUT2D eigenvalue weighted by atomic mass is 16.2. The van der Waals surface area contributed by atoms with Crippen molar-refractivity contribution in [1.82, 2.24) is 15.2 Å². The maximum absolute atomic E-state index is 12.6. The molecule has 5 nitrogen and oxygen atoms in total. The molecule has 3 rings (SSSR count). The lowest BCUT2D eigenvalue weighted by atomic mass is 9.98. The van der Waals surface area contributed by atoms with E-state index in [1.54, 1.807) is 12.1 Å². The van der Waals surface area contributed by atoms with Gasteiger partial charge in [0.15, 0.2) is 0 Å². The van der Waals surface area contributed by atoms with Gasteiger partial charge >= 0.3 is 0 Å². The third-order valence-corrected chi connectivity index (χ3v) is 4.85. The number of nitrogens with one attached hydrogen (secondary N) is 1. The van der Waals surface area contributed by atoms with Gasteiger partial charge < -0.3 is 10.2 Å². The number of hydrogen-bond acceptors (Lipinski definition) is 3. The van der Waals surface area contributed by atoms with Crippen LogP contribution in [0.4, 0.5) is 0 Å². The summed E-state index contributed by atoms with van der Waals surface area (Å²) in [7, 11) is 0. The molecule has 5 heteroatoms. The zero-order chi connectivity index (χ0) is 18.4. The van der Waals surface area contributed by atoms with E-state index in [2.05, 4.69) is 17.2 Å². The van der Waals surface area contributed by atoms with Gasteiger partial charge in [-0.2, -0.15) is 0 Å². The number of nitrogens with zero attached hydrogens (tertiary/aromatic N) is 2. The van der Waals surface area contributed by atoms with E-state index in [1.165, 1.54) is 11.8 Å². The fourth-order valence-corrected chi connectivity index (χ4v) is 3.14. The normalized spacial score (nSPS) is 14.9. The summed E-state index contributed by atoms with van der Waals surface area (Å²) in [4.78, 5) is 31.0. The van der Waals surface area contributed by atoms with Gasteiger partial charge in [-0.15, -0.1) is 0 Å². The zero-order valence-corrected chi connectivity index (χ0v) is 15.1. The summed E-state index contributed by atoms with van der Waals surface area (Å²) < 4.78 is 0. The number of rotatable bonds is 5. The largest absolute Gasteiger partial charge is 0.350 e. The van der Waals surface area contributed by atoms with Crippen molar-refractivity contribution < 1.29 is 9.59 Å². The summed E-state index contributed by atoms with van der Waals surface area (Å²) in [6, 6.07) is 13.3.